The molecule has 3 heterocycles. The van der Waals surface area contributed by atoms with Gasteiger partial charge in [0.05, 0.1) is 17.5 Å². The van der Waals surface area contributed by atoms with Crippen LogP contribution in [-0.4, -0.2) is 58.1 Å². The second-order valence-corrected chi connectivity index (χ2v) is 7.47. The lowest BCUT2D eigenvalue weighted by Crippen LogP contribution is -2.49. The molecule has 1 amide bonds. The Hall–Kier alpha value is -2.21. The zero-order valence-electron chi connectivity index (χ0n) is 15.1. The summed E-state index contributed by atoms with van der Waals surface area (Å²) in [7, 11) is 0. The molecule has 6 nitrogen and oxygen atoms in total. The van der Waals surface area contributed by atoms with Crippen molar-refractivity contribution in [2.24, 2.45) is 0 Å². The van der Waals surface area contributed by atoms with Gasteiger partial charge >= 0.3 is 0 Å². The van der Waals surface area contributed by atoms with Crippen molar-refractivity contribution >= 4 is 16.7 Å². The summed E-state index contributed by atoms with van der Waals surface area (Å²) < 4.78 is 0. The normalized spacial score (nSPS) is 21.4. The number of hydrogen-bond donors (Lipinski definition) is 1. The SMILES string of the molecule is O=C(Cc1n[nH]c(=O)c2ccccc12)N1CCCC[C@@H]1CN1CCCC1. The van der Waals surface area contributed by atoms with Gasteiger partial charge in [-0.3, -0.25) is 9.59 Å². The Balaban J connectivity index is 1.53. The molecule has 26 heavy (non-hydrogen) atoms. The van der Waals surface area contributed by atoms with Crippen LogP contribution in [0.15, 0.2) is 29.1 Å². The summed E-state index contributed by atoms with van der Waals surface area (Å²) in [4.78, 5) is 29.5. The number of benzene rings is 1. The van der Waals surface area contributed by atoms with Gasteiger partial charge in [0.25, 0.3) is 5.56 Å². The van der Waals surface area contributed by atoms with Crippen molar-refractivity contribution in [2.75, 3.05) is 26.2 Å². The third-order valence-corrected chi connectivity index (χ3v) is 5.71. The van der Waals surface area contributed by atoms with Gasteiger partial charge in [-0.2, -0.15) is 5.10 Å². The highest BCUT2D eigenvalue weighted by Crippen LogP contribution is 2.22. The molecule has 2 aromatic rings. The number of nitrogens with zero attached hydrogens (tertiary/aromatic N) is 3. The number of carbonyl (C=O) groups excluding carboxylic acids is 1. The zero-order chi connectivity index (χ0) is 17.9. The van der Waals surface area contributed by atoms with E-state index in [1.54, 1.807) is 6.07 Å². The molecular weight excluding hydrogens is 328 g/mol. The lowest BCUT2D eigenvalue weighted by molar-refractivity contribution is -0.134. The van der Waals surface area contributed by atoms with Gasteiger partial charge in [-0.05, 0) is 51.3 Å². The predicted molar refractivity (Wildman–Crippen MR) is 101 cm³/mol. The molecule has 1 N–H and O–H groups in total. The summed E-state index contributed by atoms with van der Waals surface area (Å²) in [5.41, 5.74) is 0.456. The Labute approximate surface area is 153 Å². The largest absolute Gasteiger partial charge is 0.338 e. The molecule has 2 fully saturated rings. The van der Waals surface area contributed by atoms with E-state index in [4.69, 9.17) is 0 Å². The number of hydrogen-bond acceptors (Lipinski definition) is 4. The molecule has 4 rings (SSSR count). The maximum Gasteiger partial charge on any atom is 0.272 e. The minimum absolute atomic E-state index is 0.124. The van der Waals surface area contributed by atoms with Gasteiger partial charge in [-0.15, -0.1) is 0 Å². The van der Waals surface area contributed by atoms with E-state index in [-0.39, 0.29) is 17.9 Å². The van der Waals surface area contributed by atoms with Crippen LogP contribution in [0.3, 0.4) is 0 Å². The standard InChI is InChI=1S/C20H26N4O2/c25-19(13-18-16-8-1-2-9-17(16)20(26)22-21-18)24-12-4-3-7-15(24)14-23-10-5-6-11-23/h1-2,8-9,15H,3-7,10-14H2,(H,22,26)/t15-/m1/s1. The number of amides is 1. The second kappa shape index (κ2) is 7.58. The van der Waals surface area contributed by atoms with Gasteiger partial charge in [0.1, 0.15) is 0 Å². The third kappa shape index (κ3) is 3.51. The van der Waals surface area contributed by atoms with Crippen LogP contribution < -0.4 is 5.56 Å². The molecule has 138 valence electrons. The average Bonchev–Trinajstić information content (AvgIpc) is 3.18. The fraction of sp³-hybridized carbons (Fsp3) is 0.550. The first-order chi connectivity index (χ1) is 12.7. The van der Waals surface area contributed by atoms with Crippen LogP contribution >= 0.6 is 0 Å². The zero-order valence-corrected chi connectivity index (χ0v) is 15.1. The van der Waals surface area contributed by atoms with Crippen molar-refractivity contribution in [3.8, 4) is 0 Å². The van der Waals surface area contributed by atoms with Crippen molar-refractivity contribution in [3.05, 3.63) is 40.3 Å². The Kier molecular flexibility index (Phi) is 5.02. The van der Waals surface area contributed by atoms with E-state index in [9.17, 15) is 9.59 Å². The van der Waals surface area contributed by atoms with E-state index < -0.39 is 0 Å². The highest BCUT2D eigenvalue weighted by molar-refractivity contribution is 5.88. The Morgan fingerprint density at radius 1 is 1.08 bits per heavy atom. The molecule has 2 aliphatic rings. The Bertz CT molecular complexity index is 841. The van der Waals surface area contributed by atoms with Crippen molar-refractivity contribution < 1.29 is 4.79 Å². The van der Waals surface area contributed by atoms with Crippen LogP contribution in [0.4, 0.5) is 0 Å². The number of piperidine rings is 1. The molecule has 0 radical (unpaired) electrons. The van der Waals surface area contributed by atoms with Crippen LogP contribution in [-0.2, 0) is 11.2 Å². The summed E-state index contributed by atoms with van der Waals surface area (Å²) in [5, 5.41) is 8.08. The number of carbonyl (C=O) groups is 1. The smallest absolute Gasteiger partial charge is 0.272 e. The number of aromatic nitrogens is 2. The number of fused-ring (bicyclic) bond motifs is 1. The number of H-pyrrole nitrogens is 1. The fourth-order valence-electron chi connectivity index (χ4n) is 4.33. The molecule has 1 aromatic heterocycles. The van der Waals surface area contributed by atoms with Gasteiger partial charge in [-0.1, -0.05) is 18.2 Å². The summed E-state index contributed by atoms with van der Waals surface area (Å²) in [6.07, 6.45) is 6.14. The number of likely N-dealkylation sites (tertiary alicyclic amines) is 2. The lowest BCUT2D eigenvalue weighted by Gasteiger charge is -2.38. The number of aromatic amines is 1. The van der Waals surface area contributed by atoms with Gasteiger partial charge in [0.15, 0.2) is 0 Å². The molecule has 2 saturated heterocycles. The van der Waals surface area contributed by atoms with E-state index in [0.717, 1.165) is 44.4 Å². The van der Waals surface area contributed by atoms with E-state index in [1.165, 1.54) is 19.3 Å². The van der Waals surface area contributed by atoms with E-state index >= 15 is 0 Å². The van der Waals surface area contributed by atoms with Crippen molar-refractivity contribution in [1.29, 1.82) is 0 Å². The lowest BCUT2D eigenvalue weighted by atomic mass is 10.00. The highest BCUT2D eigenvalue weighted by Gasteiger charge is 2.29. The predicted octanol–water partition coefficient (Wildman–Crippen LogP) is 1.94. The number of nitrogens with one attached hydrogen (secondary N) is 1. The minimum atomic E-state index is -0.207. The first-order valence-corrected chi connectivity index (χ1v) is 9.70. The summed E-state index contributed by atoms with van der Waals surface area (Å²) >= 11 is 0. The molecule has 1 aromatic carbocycles. The van der Waals surface area contributed by atoms with Crippen LogP contribution in [0.1, 0.15) is 37.8 Å². The molecular formula is C20H26N4O2. The van der Waals surface area contributed by atoms with Crippen LogP contribution in [0.5, 0.6) is 0 Å². The molecule has 6 heteroatoms. The van der Waals surface area contributed by atoms with Gasteiger partial charge in [0.2, 0.25) is 5.91 Å². The van der Waals surface area contributed by atoms with E-state index in [2.05, 4.69) is 20.0 Å². The third-order valence-electron chi connectivity index (χ3n) is 5.71. The fourth-order valence-corrected chi connectivity index (χ4v) is 4.33. The molecule has 1 atom stereocenters. The molecule has 0 saturated carbocycles. The van der Waals surface area contributed by atoms with Crippen LogP contribution in [0.2, 0.25) is 0 Å². The summed E-state index contributed by atoms with van der Waals surface area (Å²) in [6.45, 7) is 4.14. The topological polar surface area (TPSA) is 69.3 Å². The van der Waals surface area contributed by atoms with Crippen molar-refractivity contribution in [3.63, 3.8) is 0 Å². The number of rotatable bonds is 4. The second-order valence-electron chi connectivity index (χ2n) is 7.47. The van der Waals surface area contributed by atoms with Crippen LogP contribution in [0, 0.1) is 0 Å². The van der Waals surface area contributed by atoms with Crippen molar-refractivity contribution in [1.82, 2.24) is 20.0 Å². The molecule has 0 unspecified atom stereocenters. The first kappa shape index (κ1) is 17.2. The van der Waals surface area contributed by atoms with Gasteiger partial charge < -0.3 is 9.80 Å². The van der Waals surface area contributed by atoms with Gasteiger partial charge in [0, 0.05) is 24.5 Å². The molecule has 0 spiro atoms. The first-order valence-electron chi connectivity index (χ1n) is 9.70. The maximum atomic E-state index is 13.1. The molecule has 2 aliphatic heterocycles. The molecule has 0 bridgehead atoms. The van der Waals surface area contributed by atoms with Crippen LogP contribution in [0.25, 0.3) is 10.8 Å². The van der Waals surface area contributed by atoms with E-state index in [0.29, 0.717) is 17.1 Å². The monoisotopic (exact) mass is 354 g/mol. The van der Waals surface area contributed by atoms with Gasteiger partial charge in [-0.25, -0.2) is 5.10 Å². The maximum absolute atomic E-state index is 13.1. The molecule has 0 aliphatic carbocycles. The van der Waals surface area contributed by atoms with E-state index in [1.807, 2.05) is 18.2 Å². The minimum Gasteiger partial charge on any atom is -0.338 e. The highest BCUT2D eigenvalue weighted by atomic mass is 16.2. The quantitative estimate of drug-likeness (QED) is 0.911. The summed E-state index contributed by atoms with van der Waals surface area (Å²) in [5.74, 6) is 0.124. The Morgan fingerprint density at radius 3 is 2.62 bits per heavy atom. The average molecular weight is 354 g/mol. The summed E-state index contributed by atoms with van der Waals surface area (Å²) in [6, 6.07) is 7.68. The Morgan fingerprint density at radius 2 is 1.81 bits per heavy atom. The van der Waals surface area contributed by atoms with Crippen molar-refractivity contribution in [2.45, 2.75) is 44.6 Å².